The van der Waals surface area contributed by atoms with E-state index in [0.717, 1.165) is 26.0 Å². The number of aliphatic hydroxyl groups excluding tert-OH is 1. The van der Waals surface area contributed by atoms with E-state index in [1.165, 1.54) is 12.8 Å². The van der Waals surface area contributed by atoms with Crippen molar-refractivity contribution < 1.29 is 14.6 Å². The first-order valence-corrected chi connectivity index (χ1v) is 6.71. The van der Waals surface area contributed by atoms with Crippen molar-refractivity contribution in [2.75, 3.05) is 33.4 Å². The van der Waals surface area contributed by atoms with E-state index >= 15 is 0 Å². The number of hydrogen-bond acceptors (Lipinski definition) is 4. The highest BCUT2D eigenvalue weighted by Crippen LogP contribution is 2.20. The van der Waals surface area contributed by atoms with Crippen molar-refractivity contribution in [1.29, 1.82) is 0 Å². The summed E-state index contributed by atoms with van der Waals surface area (Å²) in [4.78, 5) is 0. The lowest BCUT2D eigenvalue weighted by atomic mass is 10.2. The van der Waals surface area contributed by atoms with E-state index in [1.54, 1.807) is 7.11 Å². The van der Waals surface area contributed by atoms with Gasteiger partial charge < -0.3 is 19.9 Å². The third kappa shape index (κ3) is 6.99. The zero-order chi connectivity index (χ0) is 12.5. The molecule has 17 heavy (non-hydrogen) atoms. The van der Waals surface area contributed by atoms with Crippen LogP contribution in [0, 0.1) is 5.92 Å². The van der Waals surface area contributed by atoms with E-state index in [4.69, 9.17) is 9.47 Å². The minimum atomic E-state index is -0.398. The van der Waals surface area contributed by atoms with Gasteiger partial charge in [0.1, 0.15) is 0 Å². The van der Waals surface area contributed by atoms with E-state index in [2.05, 4.69) is 12.2 Å². The van der Waals surface area contributed by atoms with E-state index < -0.39 is 6.10 Å². The molecule has 0 bridgehead atoms. The van der Waals surface area contributed by atoms with Crippen molar-refractivity contribution in [2.24, 2.45) is 5.92 Å². The summed E-state index contributed by atoms with van der Waals surface area (Å²) in [6.07, 6.45) is 4.85. The Hall–Kier alpha value is -0.160. The molecule has 2 atom stereocenters. The van der Waals surface area contributed by atoms with Crippen molar-refractivity contribution >= 4 is 0 Å². The molecule has 1 rings (SSSR count). The second-order valence-corrected chi connectivity index (χ2v) is 5.11. The fourth-order valence-electron chi connectivity index (χ4n) is 2.20. The number of ether oxygens (including phenoxy) is 2. The fraction of sp³-hybridized carbons (Fsp3) is 1.00. The number of methoxy groups -OCH3 is 1. The molecule has 0 aromatic heterocycles. The van der Waals surface area contributed by atoms with E-state index in [0.29, 0.717) is 25.2 Å². The van der Waals surface area contributed by atoms with Gasteiger partial charge in [-0.3, -0.25) is 0 Å². The molecule has 102 valence electrons. The smallest absolute Gasteiger partial charge is 0.0897 e. The fourth-order valence-corrected chi connectivity index (χ4v) is 2.20. The van der Waals surface area contributed by atoms with E-state index in [1.807, 2.05) is 0 Å². The monoisotopic (exact) mass is 245 g/mol. The summed E-state index contributed by atoms with van der Waals surface area (Å²) in [6, 6.07) is 0. The maximum Gasteiger partial charge on any atom is 0.0897 e. The van der Waals surface area contributed by atoms with Gasteiger partial charge in [0.05, 0.1) is 18.8 Å². The van der Waals surface area contributed by atoms with Gasteiger partial charge >= 0.3 is 0 Å². The molecule has 1 aliphatic rings. The largest absolute Gasteiger partial charge is 0.389 e. The first kappa shape index (κ1) is 14.9. The number of rotatable bonds is 9. The summed E-state index contributed by atoms with van der Waals surface area (Å²) in [7, 11) is 1.71. The molecule has 2 unspecified atom stereocenters. The van der Waals surface area contributed by atoms with Gasteiger partial charge in [-0.05, 0) is 25.3 Å². The van der Waals surface area contributed by atoms with Crippen molar-refractivity contribution in [3.8, 4) is 0 Å². The van der Waals surface area contributed by atoms with Crippen molar-refractivity contribution in [3.05, 3.63) is 0 Å². The normalized spacial score (nSPS) is 20.6. The van der Waals surface area contributed by atoms with Crippen LogP contribution in [0.4, 0.5) is 0 Å². The molecule has 0 spiro atoms. The van der Waals surface area contributed by atoms with Crippen LogP contribution in [-0.2, 0) is 9.47 Å². The second kappa shape index (κ2) is 8.86. The van der Waals surface area contributed by atoms with Gasteiger partial charge in [0, 0.05) is 20.3 Å². The van der Waals surface area contributed by atoms with Crippen LogP contribution >= 0.6 is 0 Å². The minimum Gasteiger partial charge on any atom is -0.389 e. The molecule has 1 saturated carbocycles. The highest BCUT2D eigenvalue weighted by molar-refractivity contribution is 4.68. The predicted octanol–water partition coefficient (Wildman–Crippen LogP) is 1.18. The van der Waals surface area contributed by atoms with Crippen LogP contribution in [0.5, 0.6) is 0 Å². The minimum absolute atomic E-state index is 0.386. The summed E-state index contributed by atoms with van der Waals surface area (Å²) < 4.78 is 10.7. The van der Waals surface area contributed by atoms with Gasteiger partial charge in [0.2, 0.25) is 0 Å². The molecule has 0 saturated heterocycles. The molecule has 0 aromatic rings. The van der Waals surface area contributed by atoms with Crippen LogP contribution in [0.1, 0.15) is 32.6 Å². The number of nitrogens with one attached hydrogen (secondary N) is 1. The Morgan fingerprint density at radius 1 is 1.24 bits per heavy atom. The Morgan fingerprint density at radius 2 is 1.94 bits per heavy atom. The molecule has 0 amide bonds. The van der Waals surface area contributed by atoms with Gasteiger partial charge in [0.15, 0.2) is 0 Å². The van der Waals surface area contributed by atoms with Crippen molar-refractivity contribution in [1.82, 2.24) is 5.32 Å². The van der Waals surface area contributed by atoms with Gasteiger partial charge in [0.25, 0.3) is 0 Å². The highest BCUT2D eigenvalue weighted by atomic mass is 16.5. The van der Waals surface area contributed by atoms with Gasteiger partial charge in [-0.15, -0.1) is 0 Å². The van der Waals surface area contributed by atoms with Crippen molar-refractivity contribution in [3.63, 3.8) is 0 Å². The maximum absolute atomic E-state index is 9.73. The first-order valence-electron chi connectivity index (χ1n) is 6.71. The van der Waals surface area contributed by atoms with Gasteiger partial charge in [-0.2, -0.15) is 0 Å². The van der Waals surface area contributed by atoms with Crippen molar-refractivity contribution in [2.45, 2.75) is 44.8 Å². The summed E-state index contributed by atoms with van der Waals surface area (Å²) in [6.45, 7) is 4.80. The van der Waals surface area contributed by atoms with Crippen LogP contribution < -0.4 is 5.32 Å². The van der Waals surface area contributed by atoms with Gasteiger partial charge in [-0.1, -0.05) is 19.8 Å². The molecule has 0 aromatic carbocycles. The SMILES string of the molecule is COCC(C)CNCC(O)COC1CCCC1. The maximum atomic E-state index is 9.73. The zero-order valence-corrected chi connectivity index (χ0v) is 11.2. The molecular formula is C13H27NO3. The molecule has 0 radical (unpaired) electrons. The van der Waals surface area contributed by atoms with Crippen LogP contribution in [0.15, 0.2) is 0 Å². The molecule has 1 fully saturated rings. The van der Waals surface area contributed by atoms with Crippen LogP contribution in [0.2, 0.25) is 0 Å². The lowest BCUT2D eigenvalue weighted by Gasteiger charge is -2.17. The standard InChI is InChI=1S/C13H27NO3/c1-11(9-16-2)7-14-8-12(15)10-17-13-5-3-4-6-13/h11-15H,3-10H2,1-2H3. The van der Waals surface area contributed by atoms with Crippen LogP contribution in [-0.4, -0.2) is 50.7 Å². The lowest BCUT2D eigenvalue weighted by molar-refractivity contribution is -0.00580. The Kier molecular flexibility index (Phi) is 7.77. The zero-order valence-electron chi connectivity index (χ0n) is 11.2. The first-order chi connectivity index (χ1) is 8.22. The summed E-state index contributed by atoms with van der Waals surface area (Å²) in [5.41, 5.74) is 0. The summed E-state index contributed by atoms with van der Waals surface area (Å²) in [5.74, 6) is 0.475. The predicted molar refractivity (Wildman–Crippen MR) is 68.1 cm³/mol. The van der Waals surface area contributed by atoms with E-state index in [9.17, 15) is 5.11 Å². The molecule has 1 aliphatic carbocycles. The highest BCUT2D eigenvalue weighted by Gasteiger charge is 2.16. The third-order valence-electron chi connectivity index (χ3n) is 3.15. The number of aliphatic hydroxyl groups is 1. The third-order valence-corrected chi connectivity index (χ3v) is 3.15. The van der Waals surface area contributed by atoms with E-state index in [-0.39, 0.29) is 0 Å². The molecule has 4 nitrogen and oxygen atoms in total. The second-order valence-electron chi connectivity index (χ2n) is 5.11. The van der Waals surface area contributed by atoms with Gasteiger partial charge in [-0.25, -0.2) is 0 Å². The number of hydrogen-bond donors (Lipinski definition) is 2. The molecule has 0 aliphatic heterocycles. The van der Waals surface area contributed by atoms with Crippen LogP contribution in [0.25, 0.3) is 0 Å². The van der Waals surface area contributed by atoms with Crippen LogP contribution in [0.3, 0.4) is 0 Å². The Labute approximate surface area is 105 Å². The molecule has 2 N–H and O–H groups in total. The Morgan fingerprint density at radius 3 is 2.59 bits per heavy atom. The molecule has 0 heterocycles. The summed E-state index contributed by atoms with van der Waals surface area (Å²) >= 11 is 0. The molecular weight excluding hydrogens is 218 g/mol. The summed E-state index contributed by atoms with van der Waals surface area (Å²) in [5, 5.41) is 13.0. The topological polar surface area (TPSA) is 50.7 Å². The lowest BCUT2D eigenvalue weighted by Crippen LogP contribution is -2.34. The average molecular weight is 245 g/mol. The Balaban J connectivity index is 1.94. The average Bonchev–Trinajstić information content (AvgIpc) is 2.79. The molecule has 4 heteroatoms. The Bertz CT molecular complexity index is 184. The quantitative estimate of drug-likeness (QED) is 0.640.